The maximum Gasteiger partial charge on any atom is 0.293 e. The van der Waals surface area contributed by atoms with E-state index in [0.717, 1.165) is 32.2 Å². The van der Waals surface area contributed by atoms with Crippen molar-refractivity contribution >= 4 is 17.4 Å². The van der Waals surface area contributed by atoms with Crippen molar-refractivity contribution in [3.63, 3.8) is 0 Å². The highest BCUT2D eigenvalue weighted by molar-refractivity contribution is 6.18. The lowest BCUT2D eigenvalue weighted by Crippen LogP contribution is -2.44. The van der Waals surface area contributed by atoms with Crippen molar-refractivity contribution in [1.29, 1.82) is 0 Å². The average Bonchev–Trinajstić information content (AvgIpc) is 3.23. The third kappa shape index (κ3) is 2.14. The van der Waals surface area contributed by atoms with Gasteiger partial charge in [0, 0.05) is 36.9 Å². The first-order valence-electron chi connectivity index (χ1n) is 6.71. The fourth-order valence-corrected chi connectivity index (χ4v) is 3.01. The Morgan fingerprint density at radius 2 is 2.17 bits per heavy atom. The fourth-order valence-electron chi connectivity index (χ4n) is 2.69. The van der Waals surface area contributed by atoms with E-state index in [4.69, 9.17) is 11.6 Å². The summed E-state index contributed by atoms with van der Waals surface area (Å²) >= 11 is 6.01. The molecule has 0 N–H and O–H groups in total. The maximum atomic E-state index is 12.4. The quantitative estimate of drug-likeness (QED) is 0.788. The lowest BCUT2D eigenvalue weighted by atomic mass is 10.0. The van der Waals surface area contributed by atoms with Gasteiger partial charge >= 0.3 is 0 Å². The van der Waals surface area contributed by atoms with Crippen LogP contribution in [-0.2, 0) is 0 Å². The van der Waals surface area contributed by atoms with Crippen LogP contribution in [-0.4, -0.2) is 28.0 Å². The summed E-state index contributed by atoms with van der Waals surface area (Å²) in [6.45, 7) is 0.897. The largest absolute Gasteiger partial charge is 0.348 e. The predicted octanol–water partition coefficient (Wildman–Crippen LogP) is 2.18. The number of aromatic nitrogens is 2. The standard InChI is InChI=1S/C13H18ClN3O/c14-9-11-3-1-2-7-16(11)12-13(18)17(8-6-15-12)10-4-5-10/h6,8,10-11H,1-5,7,9H2. The van der Waals surface area contributed by atoms with Crippen LogP contribution < -0.4 is 10.5 Å². The van der Waals surface area contributed by atoms with Gasteiger partial charge in [0.05, 0.1) is 0 Å². The molecule has 1 saturated carbocycles. The fraction of sp³-hybridized carbons (Fsp3) is 0.692. The predicted molar refractivity (Wildman–Crippen MR) is 72.5 cm³/mol. The Balaban J connectivity index is 1.95. The monoisotopic (exact) mass is 267 g/mol. The highest BCUT2D eigenvalue weighted by Gasteiger charge is 2.29. The second kappa shape index (κ2) is 4.92. The molecule has 0 radical (unpaired) electrons. The molecule has 98 valence electrons. The molecular formula is C13H18ClN3O. The lowest BCUT2D eigenvalue weighted by Gasteiger charge is -2.35. The molecular weight excluding hydrogens is 250 g/mol. The van der Waals surface area contributed by atoms with Gasteiger partial charge < -0.3 is 9.47 Å². The number of halogens is 1. The van der Waals surface area contributed by atoms with Crippen molar-refractivity contribution in [2.24, 2.45) is 0 Å². The molecule has 4 nitrogen and oxygen atoms in total. The first-order valence-corrected chi connectivity index (χ1v) is 7.24. The highest BCUT2D eigenvalue weighted by Crippen LogP contribution is 2.33. The van der Waals surface area contributed by atoms with Crippen molar-refractivity contribution in [2.75, 3.05) is 17.3 Å². The molecule has 3 rings (SSSR count). The van der Waals surface area contributed by atoms with Crippen LogP contribution in [0.5, 0.6) is 0 Å². The van der Waals surface area contributed by atoms with Crippen molar-refractivity contribution < 1.29 is 0 Å². The molecule has 18 heavy (non-hydrogen) atoms. The van der Waals surface area contributed by atoms with Crippen molar-refractivity contribution in [2.45, 2.75) is 44.2 Å². The summed E-state index contributed by atoms with van der Waals surface area (Å²) in [5, 5.41) is 0. The minimum atomic E-state index is 0.0528. The lowest BCUT2D eigenvalue weighted by molar-refractivity contribution is 0.480. The van der Waals surface area contributed by atoms with E-state index >= 15 is 0 Å². The van der Waals surface area contributed by atoms with Gasteiger partial charge in [0.15, 0.2) is 5.82 Å². The van der Waals surface area contributed by atoms with Crippen LogP contribution in [0.3, 0.4) is 0 Å². The number of rotatable bonds is 3. The van der Waals surface area contributed by atoms with Crippen LogP contribution in [0.25, 0.3) is 0 Å². The molecule has 1 aromatic heterocycles. The Morgan fingerprint density at radius 3 is 2.89 bits per heavy atom. The first-order chi connectivity index (χ1) is 8.81. The number of piperidine rings is 1. The summed E-state index contributed by atoms with van der Waals surface area (Å²) in [5.41, 5.74) is 0.0528. The Kier molecular flexibility index (Phi) is 3.29. The molecule has 1 aliphatic carbocycles. The van der Waals surface area contributed by atoms with Gasteiger partial charge in [0.25, 0.3) is 5.56 Å². The van der Waals surface area contributed by atoms with Gasteiger partial charge in [-0.1, -0.05) is 0 Å². The molecule has 1 atom stereocenters. The van der Waals surface area contributed by atoms with Gasteiger partial charge in [-0.3, -0.25) is 4.79 Å². The van der Waals surface area contributed by atoms with Crippen molar-refractivity contribution in [1.82, 2.24) is 9.55 Å². The van der Waals surface area contributed by atoms with Crippen molar-refractivity contribution in [3.8, 4) is 0 Å². The Hall–Kier alpha value is -1.03. The van der Waals surface area contributed by atoms with E-state index in [1.807, 2.05) is 10.8 Å². The third-order valence-electron chi connectivity index (χ3n) is 3.87. The van der Waals surface area contributed by atoms with E-state index < -0.39 is 0 Å². The smallest absolute Gasteiger partial charge is 0.293 e. The Bertz CT molecular complexity index is 483. The van der Waals surface area contributed by atoms with E-state index in [0.29, 0.717) is 17.7 Å². The summed E-state index contributed by atoms with van der Waals surface area (Å²) in [5.74, 6) is 1.16. The van der Waals surface area contributed by atoms with E-state index in [1.165, 1.54) is 6.42 Å². The molecule has 5 heteroatoms. The number of hydrogen-bond acceptors (Lipinski definition) is 3. The molecule has 2 aliphatic rings. The van der Waals surface area contributed by atoms with Gasteiger partial charge in [-0.05, 0) is 32.1 Å². The molecule has 0 bridgehead atoms. The minimum Gasteiger partial charge on any atom is -0.348 e. The summed E-state index contributed by atoms with van der Waals surface area (Å²) in [6.07, 6.45) is 9.15. The first kappa shape index (κ1) is 12.0. The Morgan fingerprint density at radius 1 is 1.33 bits per heavy atom. The number of alkyl halides is 1. The van der Waals surface area contributed by atoms with Gasteiger partial charge in [-0.2, -0.15) is 0 Å². The number of anilines is 1. The van der Waals surface area contributed by atoms with Gasteiger partial charge in [0.1, 0.15) is 0 Å². The molecule has 1 saturated heterocycles. The highest BCUT2D eigenvalue weighted by atomic mass is 35.5. The van der Waals surface area contributed by atoms with E-state index in [2.05, 4.69) is 9.88 Å². The van der Waals surface area contributed by atoms with Crippen LogP contribution in [0.15, 0.2) is 17.2 Å². The summed E-state index contributed by atoms with van der Waals surface area (Å²) < 4.78 is 1.84. The molecule has 1 aromatic rings. The van der Waals surface area contributed by atoms with Gasteiger partial charge in [-0.25, -0.2) is 4.98 Å². The molecule has 0 aromatic carbocycles. The van der Waals surface area contributed by atoms with E-state index in [-0.39, 0.29) is 11.6 Å². The van der Waals surface area contributed by atoms with Crippen LogP contribution in [0.1, 0.15) is 38.1 Å². The number of hydrogen-bond donors (Lipinski definition) is 0. The molecule has 2 heterocycles. The summed E-state index contributed by atoms with van der Waals surface area (Å²) in [4.78, 5) is 18.8. The van der Waals surface area contributed by atoms with Crippen molar-refractivity contribution in [3.05, 3.63) is 22.7 Å². The minimum absolute atomic E-state index is 0.0528. The van der Waals surface area contributed by atoms with Crippen LogP contribution in [0.4, 0.5) is 5.82 Å². The zero-order valence-electron chi connectivity index (χ0n) is 10.4. The van der Waals surface area contributed by atoms with Gasteiger partial charge in [0.2, 0.25) is 0 Å². The Labute approximate surface area is 112 Å². The SMILES string of the molecule is O=c1c(N2CCCCC2CCl)nccn1C1CC1. The normalized spacial score (nSPS) is 24.3. The summed E-state index contributed by atoms with van der Waals surface area (Å²) in [7, 11) is 0. The average molecular weight is 268 g/mol. The second-order valence-corrected chi connectivity index (χ2v) is 5.50. The molecule has 0 amide bonds. The van der Waals surface area contributed by atoms with E-state index in [9.17, 15) is 4.79 Å². The molecule has 1 unspecified atom stereocenters. The van der Waals surface area contributed by atoms with Crippen LogP contribution >= 0.6 is 11.6 Å². The van der Waals surface area contributed by atoms with Crippen LogP contribution in [0, 0.1) is 0 Å². The topological polar surface area (TPSA) is 38.1 Å². The van der Waals surface area contributed by atoms with Crippen LogP contribution in [0.2, 0.25) is 0 Å². The number of nitrogens with zero attached hydrogens (tertiary/aromatic N) is 3. The van der Waals surface area contributed by atoms with Gasteiger partial charge in [-0.15, -0.1) is 11.6 Å². The molecule has 2 fully saturated rings. The van der Waals surface area contributed by atoms with E-state index in [1.54, 1.807) is 6.20 Å². The zero-order chi connectivity index (χ0) is 12.5. The molecule has 1 aliphatic heterocycles. The second-order valence-electron chi connectivity index (χ2n) is 5.19. The molecule has 0 spiro atoms. The summed E-state index contributed by atoms with van der Waals surface area (Å²) in [6, 6.07) is 0.661. The maximum absolute atomic E-state index is 12.4. The third-order valence-corrected chi connectivity index (χ3v) is 4.22. The zero-order valence-corrected chi connectivity index (χ0v) is 11.1.